The third-order valence-corrected chi connectivity index (χ3v) is 10.6. The number of hydrogen-bond donors (Lipinski definition) is 3. The number of aliphatic hydroxyl groups excluding tert-OH is 3. The van der Waals surface area contributed by atoms with E-state index in [1.807, 2.05) is 13.0 Å². The van der Waals surface area contributed by atoms with E-state index in [4.69, 9.17) is 4.74 Å². The molecule has 4 saturated carbocycles. The molecule has 0 aromatic heterocycles. The van der Waals surface area contributed by atoms with Gasteiger partial charge in [-0.05, 0) is 92.1 Å². The van der Waals surface area contributed by atoms with Crippen molar-refractivity contribution in [3.8, 4) is 0 Å². The largest absolute Gasteiger partial charge is 0.465 e. The van der Waals surface area contributed by atoms with Gasteiger partial charge in [0.1, 0.15) is 0 Å². The van der Waals surface area contributed by atoms with Crippen LogP contribution >= 0.6 is 0 Å². The van der Waals surface area contributed by atoms with Crippen molar-refractivity contribution < 1.29 is 24.9 Å². The van der Waals surface area contributed by atoms with Crippen molar-refractivity contribution in [3.05, 3.63) is 47.6 Å². The normalized spacial score (nSPS) is 38.4. The van der Waals surface area contributed by atoms with Gasteiger partial charge in [-0.25, -0.2) is 0 Å². The van der Waals surface area contributed by atoms with Crippen LogP contribution in [0, 0.1) is 34.5 Å². The zero-order chi connectivity index (χ0) is 27.7. The third-order valence-electron chi connectivity index (χ3n) is 10.6. The molecule has 0 aromatic carbocycles. The summed E-state index contributed by atoms with van der Waals surface area (Å²) in [6, 6.07) is 0. The molecule has 0 unspecified atom stereocenters. The van der Waals surface area contributed by atoms with Gasteiger partial charge in [0.05, 0.1) is 30.3 Å². The minimum atomic E-state index is -0.783. The second-order valence-electron chi connectivity index (χ2n) is 13.0. The summed E-state index contributed by atoms with van der Waals surface area (Å²) >= 11 is 0. The Morgan fingerprint density at radius 2 is 1.92 bits per heavy atom. The van der Waals surface area contributed by atoms with Gasteiger partial charge in [-0.15, -0.1) is 0 Å². The van der Waals surface area contributed by atoms with E-state index < -0.39 is 23.7 Å². The minimum absolute atomic E-state index is 0.185. The number of aliphatic hydroxyl groups is 3. The average Bonchev–Trinajstić information content (AvgIpc) is 3.63. The molecule has 4 fully saturated rings. The lowest BCUT2D eigenvalue weighted by Crippen LogP contribution is -2.36. The Labute approximate surface area is 229 Å². The summed E-state index contributed by atoms with van der Waals surface area (Å²) in [6.45, 7) is 13.2. The summed E-state index contributed by atoms with van der Waals surface area (Å²) < 4.78 is 5.45. The number of hydrogen-bond acceptors (Lipinski definition) is 5. The SMILES string of the molecule is C=C1C(=CC=C2CCC[C@]3(C)[C@@H]([C@H](C)C=C[C@H](O)C4(C(=O)OCCCC)CC4)CC[C@@H]23)C[C@@H](O)[C@H](C)[C@@H]1O. The molecule has 0 radical (unpaired) electrons. The van der Waals surface area contributed by atoms with Crippen molar-refractivity contribution in [2.45, 2.75) is 110 Å². The summed E-state index contributed by atoms with van der Waals surface area (Å²) in [7, 11) is 0. The maximum atomic E-state index is 12.6. The van der Waals surface area contributed by atoms with Crippen molar-refractivity contribution in [3.63, 3.8) is 0 Å². The van der Waals surface area contributed by atoms with Crippen molar-refractivity contribution in [2.24, 2.45) is 34.5 Å². The number of rotatable bonds is 9. The van der Waals surface area contributed by atoms with Crippen LogP contribution in [0.2, 0.25) is 0 Å². The van der Waals surface area contributed by atoms with Crippen LogP contribution in [0.4, 0.5) is 0 Å². The number of carbonyl (C=O) groups is 1. The molecule has 5 nitrogen and oxygen atoms in total. The van der Waals surface area contributed by atoms with Crippen molar-refractivity contribution in [1.82, 2.24) is 0 Å². The molecule has 0 spiro atoms. The van der Waals surface area contributed by atoms with Gasteiger partial charge in [0.25, 0.3) is 0 Å². The lowest BCUT2D eigenvalue weighted by atomic mass is 9.61. The lowest BCUT2D eigenvalue weighted by molar-refractivity contribution is -0.153. The maximum Gasteiger partial charge on any atom is 0.315 e. The molecule has 4 aliphatic rings. The molecule has 8 atom stereocenters. The van der Waals surface area contributed by atoms with Gasteiger partial charge in [-0.1, -0.05) is 70.6 Å². The van der Waals surface area contributed by atoms with Crippen LogP contribution in [0.3, 0.4) is 0 Å². The van der Waals surface area contributed by atoms with Gasteiger partial charge in [0.2, 0.25) is 0 Å². The summed E-state index contributed by atoms with van der Waals surface area (Å²) in [6.07, 6.45) is 15.9. The van der Waals surface area contributed by atoms with E-state index in [0.717, 1.165) is 49.7 Å². The van der Waals surface area contributed by atoms with Gasteiger partial charge in [0, 0.05) is 5.92 Å². The van der Waals surface area contributed by atoms with Crippen LogP contribution in [0.5, 0.6) is 0 Å². The van der Waals surface area contributed by atoms with E-state index in [1.54, 1.807) is 0 Å². The average molecular weight is 527 g/mol. The van der Waals surface area contributed by atoms with E-state index in [2.05, 4.69) is 45.6 Å². The number of unbranched alkanes of at least 4 members (excludes halogenated alkanes) is 1. The van der Waals surface area contributed by atoms with Crippen molar-refractivity contribution in [1.29, 1.82) is 0 Å². The van der Waals surface area contributed by atoms with Crippen LogP contribution in [-0.4, -0.2) is 46.2 Å². The molecule has 0 saturated heterocycles. The number of esters is 1. The Kier molecular flexibility index (Phi) is 9.11. The predicted molar refractivity (Wildman–Crippen MR) is 151 cm³/mol. The van der Waals surface area contributed by atoms with Crippen molar-refractivity contribution in [2.75, 3.05) is 6.61 Å². The molecule has 212 valence electrons. The van der Waals surface area contributed by atoms with Crippen LogP contribution in [0.15, 0.2) is 47.6 Å². The minimum Gasteiger partial charge on any atom is -0.465 e. The number of fused-ring (bicyclic) bond motifs is 1. The molecule has 0 amide bonds. The zero-order valence-electron chi connectivity index (χ0n) is 24.0. The second-order valence-corrected chi connectivity index (χ2v) is 13.0. The third kappa shape index (κ3) is 5.62. The van der Waals surface area contributed by atoms with Crippen molar-refractivity contribution >= 4 is 5.97 Å². The molecule has 0 heterocycles. The zero-order valence-corrected chi connectivity index (χ0v) is 24.0. The molecule has 38 heavy (non-hydrogen) atoms. The highest BCUT2D eigenvalue weighted by atomic mass is 16.5. The molecule has 0 bridgehead atoms. The monoisotopic (exact) mass is 526 g/mol. The topological polar surface area (TPSA) is 87.0 Å². The number of allylic oxidation sites excluding steroid dienone is 4. The Morgan fingerprint density at radius 1 is 1.18 bits per heavy atom. The number of ether oxygens (including phenoxy) is 1. The van der Waals surface area contributed by atoms with Gasteiger partial charge in [-0.3, -0.25) is 4.79 Å². The first-order chi connectivity index (χ1) is 18.0. The fraction of sp³-hybridized carbons (Fsp3) is 0.727. The first-order valence-corrected chi connectivity index (χ1v) is 15.0. The highest BCUT2D eigenvalue weighted by Crippen LogP contribution is 2.59. The molecular formula is C33H50O5. The van der Waals surface area contributed by atoms with E-state index >= 15 is 0 Å². The number of carbonyl (C=O) groups excluding carboxylic acids is 1. The molecule has 0 aromatic rings. The van der Waals surface area contributed by atoms with Crippen LogP contribution in [0.1, 0.15) is 91.9 Å². The Morgan fingerprint density at radius 3 is 2.61 bits per heavy atom. The molecule has 4 rings (SSSR count). The fourth-order valence-electron chi connectivity index (χ4n) is 7.59. The highest BCUT2D eigenvalue weighted by Gasteiger charge is 2.56. The van der Waals surface area contributed by atoms with Crippen LogP contribution in [-0.2, 0) is 9.53 Å². The van der Waals surface area contributed by atoms with Crippen LogP contribution < -0.4 is 0 Å². The second kappa shape index (κ2) is 11.8. The first kappa shape index (κ1) is 29.3. The predicted octanol–water partition coefficient (Wildman–Crippen LogP) is 6.05. The summed E-state index contributed by atoms with van der Waals surface area (Å²) in [5.41, 5.74) is 2.65. The van der Waals surface area contributed by atoms with E-state index in [1.165, 1.54) is 12.0 Å². The fourth-order valence-corrected chi connectivity index (χ4v) is 7.59. The first-order valence-electron chi connectivity index (χ1n) is 15.0. The molecule has 5 heteroatoms. The summed E-state index contributed by atoms with van der Waals surface area (Å²) in [5.74, 6) is 0.931. The summed E-state index contributed by atoms with van der Waals surface area (Å²) in [5, 5.41) is 31.8. The Hall–Kier alpha value is -1.69. The van der Waals surface area contributed by atoms with Gasteiger partial charge >= 0.3 is 5.97 Å². The van der Waals surface area contributed by atoms with Gasteiger partial charge < -0.3 is 20.1 Å². The lowest BCUT2D eigenvalue weighted by Gasteiger charge is -2.44. The molecule has 3 N–H and O–H groups in total. The van der Waals surface area contributed by atoms with E-state index in [0.29, 0.717) is 43.6 Å². The van der Waals surface area contributed by atoms with E-state index in [-0.39, 0.29) is 17.3 Å². The maximum absolute atomic E-state index is 12.6. The molecule has 0 aliphatic heterocycles. The van der Waals surface area contributed by atoms with Crippen LogP contribution in [0.25, 0.3) is 0 Å². The standard InChI is InChI=1S/C33H50O5/c1-6-7-19-38-31(37)33(17-18-33)29(35)15-10-21(2)26-13-14-27-24(9-8-16-32(26,27)5)11-12-25-20-28(34)23(4)30(36)22(25)3/h10-12,15,21,23,26-30,34-36H,3,6-9,13-14,16-20H2,1-2,4-5H3/t21-,23+,26-,27+,28-,29+,30-,32-/m1/s1. The summed E-state index contributed by atoms with van der Waals surface area (Å²) in [4.78, 5) is 12.6. The molecular weight excluding hydrogens is 476 g/mol. The highest BCUT2D eigenvalue weighted by molar-refractivity contribution is 5.81. The van der Waals surface area contributed by atoms with E-state index in [9.17, 15) is 20.1 Å². The Bertz CT molecular complexity index is 972. The van der Waals surface area contributed by atoms with Gasteiger partial charge in [0.15, 0.2) is 0 Å². The Balaban J connectivity index is 1.42. The molecule has 4 aliphatic carbocycles. The van der Waals surface area contributed by atoms with Gasteiger partial charge in [-0.2, -0.15) is 0 Å². The smallest absolute Gasteiger partial charge is 0.315 e. The quantitative estimate of drug-likeness (QED) is 0.193.